The van der Waals surface area contributed by atoms with E-state index in [4.69, 9.17) is 13.9 Å². The van der Waals surface area contributed by atoms with Gasteiger partial charge < -0.3 is 4.89 Å². The Balaban J connectivity index is 2.41. The molecule has 0 aliphatic carbocycles. The van der Waals surface area contributed by atoms with Gasteiger partial charge in [0.2, 0.25) is 0 Å². The van der Waals surface area contributed by atoms with Gasteiger partial charge in [0.15, 0.2) is 0 Å². The van der Waals surface area contributed by atoms with Crippen LogP contribution >= 0.6 is 7.82 Å². The minimum absolute atomic E-state index is 0.208. The Morgan fingerprint density at radius 3 is 2.58 bits per heavy atom. The number of unbranched alkanes of at least 4 members (excludes halogenated alkanes) is 1. The number of phosphoric ester groups is 1. The molecule has 4 nitrogen and oxygen atoms in total. The molecule has 3 unspecified atom stereocenters. The molecule has 1 fully saturated rings. The van der Waals surface area contributed by atoms with Crippen LogP contribution in [0.15, 0.2) is 0 Å². The molecule has 3 atom stereocenters. The zero-order chi connectivity index (χ0) is 9.19. The Hall–Kier alpha value is 0.110. The minimum Gasteiger partial charge on any atom is -0.302 e. The standard InChI is InChI=1S/C7H15O4P/c1-3-4-5-7-6(2)10-12(8,9)11-7/h6-7H,3-5H2,1-2H3,(H,8,9). The molecule has 1 saturated heterocycles. The Bertz CT molecular complexity index is 194. The van der Waals surface area contributed by atoms with Gasteiger partial charge in [-0.15, -0.1) is 0 Å². The molecule has 0 spiro atoms. The van der Waals surface area contributed by atoms with Gasteiger partial charge in [-0.3, -0.25) is 9.05 Å². The molecule has 0 bridgehead atoms. The highest BCUT2D eigenvalue weighted by atomic mass is 31.2. The summed E-state index contributed by atoms with van der Waals surface area (Å²) in [6.45, 7) is 3.83. The molecule has 1 aliphatic heterocycles. The number of rotatable bonds is 3. The number of phosphoric acid groups is 1. The molecule has 0 aromatic rings. The van der Waals surface area contributed by atoms with E-state index >= 15 is 0 Å². The Morgan fingerprint density at radius 1 is 1.50 bits per heavy atom. The van der Waals surface area contributed by atoms with E-state index in [1.165, 1.54) is 0 Å². The van der Waals surface area contributed by atoms with Crippen LogP contribution in [0, 0.1) is 0 Å². The zero-order valence-electron chi connectivity index (χ0n) is 7.40. The maximum Gasteiger partial charge on any atom is 0.472 e. The van der Waals surface area contributed by atoms with Crippen molar-refractivity contribution < 1.29 is 18.5 Å². The van der Waals surface area contributed by atoms with Crippen LogP contribution in [0.1, 0.15) is 33.1 Å². The molecule has 72 valence electrons. The normalized spacial score (nSPS) is 41.9. The smallest absolute Gasteiger partial charge is 0.302 e. The molecule has 1 aliphatic rings. The lowest BCUT2D eigenvalue weighted by atomic mass is 10.1. The lowest BCUT2D eigenvalue weighted by Gasteiger charge is -2.09. The molecule has 1 heterocycles. The van der Waals surface area contributed by atoms with E-state index in [0.29, 0.717) is 0 Å². The maximum absolute atomic E-state index is 10.9. The van der Waals surface area contributed by atoms with Crippen LogP contribution in [0.4, 0.5) is 0 Å². The van der Waals surface area contributed by atoms with E-state index < -0.39 is 7.82 Å². The number of hydrogen-bond donors (Lipinski definition) is 1. The van der Waals surface area contributed by atoms with Crippen molar-refractivity contribution in [2.45, 2.75) is 45.3 Å². The average Bonchev–Trinajstić information content (AvgIpc) is 2.20. The van der Waals surface area contributed by atoms with Crippen LogP contribution in [0.25, 0.3) is 0 Å². The summed E-state index contributed by atoms with van der Waals surface area (Å²) in [6.07, 6.45) is 2.39. The minimum atomic E-state index is -3.70. The fourth-order valence-electron chi connectivity index (χ4n) is 1.25. The summed E-state index contributed by atoms with van der Waals surface area (Å²) in [5.41, 5.74) is 0. The van der Waals surface area contributed by atoms with E-state index in [0.717, 1.165) is 19.3 Å². The SMILES string of the molecule is CCCCC1OP(=O)(O)OC1C. The van der Waals surface area contributed by atoms with Crippen LogP contribution in [0.2, 0.25) is 0 Å². The lowest BCUT2D eigenvalue weighted by Crippen LogP contribution is -2.18. The third-order valence-electron chi connectivity index (χ3n) is 1.93. The van der Waals surface area contributed by atoms with Gasteiger partial charge in [0.1, 0.15) is 0 Å². The highest BCUT2D eigenvalue weighted by Gasteiger charge is 2.40. The largest absolute Gasteiger partial charge is 0.472 e. The van der Waals surface area contributed by atoms with Gasteiger partial charge in [0.25, 0.3) is 0 Å². The van der Waals surface area contributed by atoms with Gasteiger partial charge >= 0.3 is 7.82 Å². The first-order valence-corrected chi connectivity index (χ1v) is 5.74. The molecule has 0 aromatic heterocycles. The third-order valence-corrected chi connectivity index (χ3v) is 3.07. The highest BCUT2D eigenvalue weighted by molar-refractivity contribution is 7.47. The van der Waals surface area contributed by atoms with Crippen LogP contribution in [0.5, 0.6) is 0 Å². The van der Waals surface area contributed by atoms with Crippen molar-refractivity contribution in [2.24, 2.45) is 0 Å². The summed E-state index contributed by atoms with van der Waals surface area (Å²) in [5, 5.41) is 0. The molecular formula is C7H15O4P. The van der Waals surface area contributed by atoms with Crippen LogP contribution in [-0.2, 0) is 13.6 Å². The first-order valence-electron chi connectivity index (χ1n) is 4.25. The molecular weight excluding hydrogens is 179 g/mol. The van der Waals surface area contributed by atoms with Crippen molar-refractivity contribution in [3.05, 3.63) is 0 Å². The second-order valence-electron chi connectivity index (χ2n) is 3.07. The second-order valence-corrected chi connectivity index (χ2v) is 4.42. The van der Waals surface area contributed by atoms with Gasteiger partial charge in [-0.05, 0) is 13.3 Å². The lowest BCUT2D eigenvalue weighted by molar-refractivity contribution is 0.158. The van der Waals surface area contributed by atoms with E-state index in [-0.39, 0.29) is 12.2 Å². The van der Waals surface area contributed by atoms with E-state index in [1.807, 2.05) is 0 Å². The molecule has 5 heteroatoms. The van der Waals surface area contributed by atoms with E-state index in [2.05, 4.69) is 6.92 Å². The molecule has 0 radical (unpaired) electrons. The van der Waals surface area contributed by atoms with Gasteiger partial charge in [-0.25, -0.2) is 4.57 Å². The van der Waals surface area contributed by atoms with Gasteiger partial charge in [0.05, 0.1) is 12.2 Å². The first-order chi connectivity index (χ1) is 5.55. The Kier molecular flexibility index (Phi) is 3.29. The van der Waals surface area contributed by atoms with Crippen molar-refractivity contribution in [3.63, 3.8) is 0 Å². The van der Waals surface area contributed by atoms with Crippen molar-refractivity contribution in [3.8, 4) is 0 Å². The van der Waals surface area contributed by atoms with Crippen LogP contribution in [0.3, 0.4) is 0 Å². The maximum atomic E-state index is 10.9. The monoisotopic (exact) mass is 194 g/mol. The first kappa shape index (κ1) is 10.2. The predicted octanol–water partition coefficient (Wildman–Crippen LogP) is 2.08. The number of hydrogen-bond acceptors (Lipinski definition) is 3. The average molecular weight is 194 g/mol. The second kappa shape index (κ2) is 3.88. The van der Waals surface area contributed by atoms with E-state index in [1.54, 1.807) is 6.92 Å². The quantitative estimate of drug-likeness (QED) is 0.699. The van der Waals surface area contributed by atoms with Crippen LogP contribution < -0.4 is 0 Å². The fraction of sp³-hybridized carbons (Fsp3) is 1.00. The van der Waals surface area contributed by atoms with Gasteiger partial charge in [0, 0.05) is 0 Å². The van der Waals surface area contributed by atoms with E-state index in [9.17, 15) is 4.57 Å². The fourth-order valence-corrected chi connectivity index (χ4v) is 2.48. The third kappa shape index (κ3) is 2.56. The van der Waals surface area contributed by atoms with Crippen molar-refractivity contribution >= 4 is 7.82 Å². The molecule has 1 N–H and O–H groups in total. The van der Waals surface area contributed by atoms with Crippen molar-refractivity contribution in [1.29, 1.82) is 0 Å². The van der Waals surface area contributed by atoms with Gasteiger partial charge in [-0.2, -0.15) is 0 Å². The summed E-state index contributed by atoms with van der Waals surface area (Å²) in [7, 11) is -3.70. The predicted molar refractivity (Wildman–Crippen MR) is 44.8 cm³/mol. The molecule has 0 amide bonds. The molecule has 0 saturated carbocycles. The van der Waals surface area contributed by atoms with Crippen molar-refractivity contribution in [1.82, 2.24) is 0 Å². The summed E-state index contributed by atoms with van der Waals surface area (Å²) < 4.78 is 20.5. The summed E-state index contributed by atoms with van der Waals surface area (Å²) >= 11 is 0. The topological polar surface area (TPSA) is 55.8 Å². The Morgan fingerprint density at radius 2 is 2.17 bits per heavy atom. The van der Waals surface area contributed by atoms with Crippen LogP contribution in [-0.4, -0.2) is 17.1 Å². The molecule has 1 rings (SSSR count). The van der Waals surface area contributed by atoms with Gasteiger partial charge in [-0.1, -0.05) is 19.8 Å². The Labute approximate surface area is 72.5 Å². The summed E-state index contributed by atoms with van der Waals surface area (Å²) in [4.78, 5) is 8.95. The highest BCUT2D eigenvalue weighted by Crippen LogP contribution is 2.53. The van der Waals surface area contributed by atoms with Crippen molar-refractivity contribution in [2.75, 3.05) is 0 Å². The summed E-state index contributed by atoms with van der Waals surface area (Å²) in [6, 6.07) is 0. The molecule has 0 aromatic carbocycles. The zero-order valence-corrected chi connectivity index (χ0v) is 8.29. The molecule has 12 heavy (non-hydrogen) atoms. The summed E-state index contributed by atoms with van der Waals surface area (Å²) in [5.74, 6) is 0.